The maximum Gasteiger partial charge on any atom is 0.453 e. The maximum atomic E-state index is 13.9. The van der Waals surface area contributed by atoms with Crippen LogP contribution in [0.2, 0.25) is 0 Å². The quantitative estimate of drug-likeness (QED) is 0.553. The maximum absolute atomic E-state index is 13.9. The van der Waals surface area contributed by atoms with Gasteiger partial charge in [0, 0.05) is 34.6 Å². The number of hydrogen-bond donors (Lipinski definition) is 1. The number of thiophene rings is 1. The molecule has 0 saturated carbocycles. The first-order valence-electron chi connectivity index (χ1n) is 9.27. The van der Waals surface area contributed by atoms with Crippen molar-refractivity contribution in [1.82, 2.24) is 14.8 Å². The minimum atomic E-state index is -4.83. The lowest BCUT2D eigenvalue weighted by atomic mass is 9.80. The number of halogens is 5. The lowest BCUT2D eigenvalue weighted by Crippen LogP contribution is -2.33. The Morgan fingerprint density at radius 1 is 1.13 bits per heavy atom. The predicted octanol–water partition coefficient (Wildman–Crippen LogP) is 5.05. The summed E-state index contributed by atoms with van der Waals surface area (Å²) in [6.07, 6.45) is -4.34. The van der Waals surface area contributed by atoms with Crippen LogP contribution in [0.25, 0.3) is 0 Å². The molecule has 11 heteroatoms. The van der Waals surface area contributed by atoms with Crippen LogP contribution in [0.4, 0.5) is 27.9 Å². The second-order valence-electron chi connectivity index (χ2n) is 7.37. The summed E-state index contributed by atoms with van der Waals surface area (Å²) in [7, 11) is 0. The van der Waals surface area contributed by atoms with Gasteiger partial charge in [-0.05, 0) is 35.6 Å². The van der Waals surface area contributed by atoms with Crippen LogP contribution in [0.3, 0.4) is 0 Å². The van der Waals surface area contributed by atoms with Gasteiger partial charge in [-0.3, -0.25) is 4.79 Å². The Kier molecular flexibility index (Phi) is 4.47. The van der Waals surface area contributed by atoms with Crippen LogP contribution in [-0.2, 0) is 11.0 Å². The first-order valence-corrected chi connectivity index (χ1v) is 10.1. The third kappa shape index (κ3) is 3.42. The van der Waals surface area contributed by atoms with Crippen molar-refractivity contribution < 1.29 is 26.7 Å². The van der Waals surface area contributed by atoms with E-state index in [-0.39, 0.29) is 35.2 Å². The molecule has 0 bridgehead atoms. The van der Waals surface area contributed by atoms with E-state index in [9.17, 15) is 26.7 Å². The summed E-state index contributed by atoms with van der Waals surface area (Å²) in [6, 6.07) is 5.14. The summed E-state index contributed by atoms with van der Waals surface area (Å²) in [4.78, 5) is 17.6. The molecule has 2 aliphatic rings. The summed E-state index contributed by atoms with van der Waals surface area (Å²) < 4.78 is 68.5. The molecular formula is C20H13F5N4OS. The SMILES string of the molecule is O=C1C[C@H](c2cccs2)CC2=C1[C@H](c1cc(F)cc(F)c1)n1nc(C(F)(F)F)nc1N2. The highest BCUT2D eigenvalue weighted by atomic mass is 32.1. The number of carbonyl (C=O) groups excluding carboxylic acids is 1. The molecule has 1 aliphatic carbocycles. The van der Waals surface area contributed by atoms with Gasteiger partial charge < -0.3 is 5.32 Å². The molecule has 3 heterocycles. The number of alkyl halides is 3. The van der Waals surface area contributed by atoms with Crippen LogP contribution in [-0.4, -0.2) is 20.5 Å². The van der Waals surface area contributed by atoms with Crippen molar-refractivity contribution in [2.75, 3.05) is 5.32 Å². The number of fused-ring (bicyclic) bond motifs is 1. The number of nitrogens with one attached hydrogen (secondary N) is 1. The average molecular weight is 452 g/mol. The molecule has 1 aliphatic heterocycles. The van der Waals surface area contributed by atoms with Crippen LogP contribution in [0.15, 0.2) is 47.0 Å². The van der Waals surface area contributed by atoms with Gasteiger partial charge in [-0.15, -0.1) is 16.4 Å². The van der Waals surface area contributed by atoms with Crippen LogP contribution in [0, 0.1) is 11.6 Å². The Labute approximate surface area is 176 Å². The Morgan fingerprint density at radius 2 is 1.87 bits per heavy atom. The average Bonchev–Trinajstić information content (AvgIpc) is 3.34. The first kappa shape index (κ1) is 19.9. The van der Waals surface area contributed by atoms with Gasteiger partial charge in [0.1, 0.15) is 17.7 Å². The Hall–Kier alpha value is -3.08. The van der Waals surface area contributed by atoms with Crippen molar-refractivity contribution in [3.05, 3.63) is 74.9 Å². The van der Waals surface area contributed by atoms with Gasteiger partial charge in [0.15, 0.2) is 5.78 Å². The Balaban J connectivity index is 1.67. The highest BCUT2D eigenvalue weighted by Gasteiger charge is 2.43. The minimum Gasteiger partial charge on any atom is -0.328 e. The summed E-state index contributed by atoms with van der Waals surface area (Å²) in [6.45, 7) is 0. The van der Waals surface area contributed by atoms with Crippen molar-refractivity contribution in [2.24, 2.45) is 0 Å². The molecule has 1 aromatic carbocycles. The highest BCUT2D eigenvalue weighted by molar-refractivity contribution is 7.10. The van der Waals surface area contributed by atoms with Crippen molar-refractivity contribution in [3.8, 4) is 0 Å². The Bertz CT molecular complexity index is 1190. The second kappa shape index (κ2) is 6.98. The number of anilines is 1. The number of hydrogen-bond acceptors (Lipinski definition) is 5. The molecule has 0 spiro atoms. The molecule has 2 aromatic heterocycles. The zero-order chi connectivity index (χ0) is 21.9. The van der Waals surface area contributed by atoms with Crippen molar-refractivity contribution >= 4 is 23.1 Å². The second-order valence-corrected chi connectivity index (χ2v) is 8.35. The van der Waals surface area contributed by atoms with E-state index in [1.54, 1.807) is 0 Å². The molecule has 0 fully saturated rings. The van der Waals surface area contributed by atoms with Crippen LogP contribution in [0.5, 0.6) is 0 Å². The van der Waals surface area contributed by atoms with E-state index in [1.807, 2.05) is 17.5 Å². The summed E-state index contributed by atoms with van der Waals surface area (Å²) >= 11 is 1.48. The van der Waals surface area contributed by atoms with E-state index >= 15 is 0 Å². The molecule has 5 rings (SSSR count). The first-order chi connectivity index (χ1) is 14.7. The lowest BCUT2D eigenvalue weighted by Gasteiger charge is -2.34. The van der Waals surface area contributed by atoms with Gasteiger partial charge in [-0.1, -0.05) is 6.07 Å². The number of ketones is 1. The third-order valence-corrected chi connectivity index (χ3v) is 6.35. The fraction of sp³-hybridized carbons (Fsp3) is 0.250. The molecular weight excluding hydrogens is 439 g/mol. The molecule has 0 unspecified atom stereocenters. The molecule has 5 nitrogen and oxygen atoms in total. The number of aromatic nitrogens is 3. The number of rotatable bonds is 2. The fourth-order valence-corrected chi connectivity index (χ4v) is 4.93. The van der Waals surface area contributed by atoms with E-state index in [2.05, 4.69) is 15.4 Å². The topological polar surface area (TPSA) is 59.8 Å². The molecule has 0 radical (unpaired) electrons. The van der Waals surface area contributed by atoms with Gasteiger partial charge in [0.25, 0.3) is 5.82 Å². The van der Waals surface area contributed by atoms with Crippen molar-refractivity contribution in [1.29, 1.82) is 0 Å². The fourth-order valence-electron chi connectivity index (χ4n) is 4.10. The minimum absolute atomic E-state index is 0.0192. The third-order valence-electron chi connectivity index (χ3n) is 5.32. The zero-order valence-corrected chi connectivity index (χ0v) is 16.4. The standard InChI is InChI=1S/C20H13F5N4OS/c21-11-4-10(5-12(22)8-11)17-16-13(6-9(7-14(16)30)15-2-1-3-31-15)26-19-27-18(20(23,24)25)28-29(17)19/h1-5,8-9,17H,6-7H2,(H,26,27,28)/t9-,17+/m1/s1. The smallest absolute Gasteiger partial charge is 0.328 e. The van der Waals surface area contributed by atoms with E-state index in [1.165, 1.54) is 11.3 Å². The zero-order valence-electron chi connectivity index (χ0n) is 15.6. The van der Waals surface area contributed by atoms with Gasteiger partial charge in [0.2, 0.25) is 5.95 Å². The number of nitrogens with zero attached hydrogens (tertiary/aromatic N) is 3. The summed E-state index contributed by atoms with van der Waals surface area (Å²) in [5.74, 6) is -3.93. The number of Topliss-reactive ketones (excluding diaryl/α,β-unsaturated/α-hetero) is 1. The molecule has 1 N–H and O–H groups in total. The van der Waals surface area contributed by atoms with Gasteiger partial charge in [0.05, 0.1) is 0 Å². The normalized spacial score (nSPS) is 21.0. The molecule has 0 amide bonds. The van der Waals surface area contributed by atoms with E-state index in [4.69, 9.17) is 0 Å². The van der Waals surface area contributed by atoms with Crippen molar-refractivity contribution in [3.63, 3.8) is 0 Å². The molecule has 0 saturated heterocycles. The number of benzene rings is 1. The van der Waals surface area contributed by atoms with Crippen molar-refractivity contribution in [2.45, 2.75) is 31.0 Å². The number of carbonyl (C=O) groups is 1. The number of allylic oxidation sites excluding steroid dienone is 2. The summed E-state index contributed by atoms with van der Waals surface area (Å²) in [5, 5.41) is 8.21. The largest absolute Gasteiger partial charge is 0.453 e. The van der Waals surface area contributed by atoms with Crippen LogP contribution in [0.1, 0.15) is 41.1 Å². The lowest BCUT2D eigenvalue weighted by molar-refractivity contribution is -0.145. The van der Waals surface area contributed by atoms with Gasteiger partial charge in [-0.25, -0.2) is 13.5 Å². The van der Waals surface area contributed by atoms with Crippen LogP contribution >= 0.6 is 11.3 Å². The van der Waals surface area contributed by atoms with E-state index in [0.717, 1.165) is 21.7 Å². The molecule has 2 atom stereocenters. The van der Waals surface area contributed by atoms with Gasteiger partial charge in [-0.2, -0.15) is 18.2 Å². The van der Waals surface area contributed by atoms with E-state index in [0.29, 0.717) is 18.2 Å². The molecule has 3 aromatic rings. The van der Waals surface area contributed by atoms with Gasteiger partial charge >= 0.3 is 6.18 Å². The Morgan fingerprint density at radius 3 is 2.52 bits per heavy atom. The van der Waals surface area contributed by atoms with Crippen LogP contribution < -0.4 is 5.32 Å². The molecule has 160 valence electrons. The predicted molar refractivity (Wildman–Crippen MR) is 101 cm³/mol. The van der Waals surface area contributed by atoms with E-state index < -0.39 is 29.7 Å². The molecule has 31 heavy (non-hydrogen) atoms. The summed E-state index contributed by atoms with van der Waals surface area (Å²) in [5.41, 5.74) is 0.510. The monoisotopic (exact) mass is 452 g/mol. The highest BCUT2D eigenvalue weighted by Crippen LogP contribution is 2.45.